The second-order valence-corrected chi connectivity index (χ2v) is 4.72. The number of nitrogens with one attached hydrogen (secondary N) is 2. The Hall–Kier alpha value is -1.82. The molecule has 0 aliphatic carbocycles. The third-order valence-electron chi connectivity index (χ3n) is 3.40. The van der Waals surface area contributed by atoms with Crippen molar-refractivity contribution in [1.82, 2.24) is 5.32 Å². The molecule has 2 N–H and O–H groups in total. The fourth-order valence-electron chi connectivity index (χ4n) is 2.26. The van der Waals surface area contributed by atoms with Crippen molar-refractivity contribution in [2.24, 2.45) is 5.92 Å². The van der Waals surface area contributed by atoms with Crippen LogP contribution in [0.3, 0.4) is 0 Å². The number of carbonyl (C=O) groups is 1. The molecule has 5 nitrogen and oxygen atoms in total. The first kappa shape index (κ1) is 14.6. The molecular weight excluding hydrogens is 263 g/mol. The minimum Gasteiger partial charge on any atom is -0.493 e. The number of ether oxygens (including phenoxy) is 2. The summed E-state index contributed by atoms with van der Waals surface area (Å²) in [6, 6.07) is 2.63. The lowest BCUT2D eigenvalue weighted by molar-refractivity contribution is -0.120. The molecule has 0 bridgehead atoms. The van der Waals surface area contributed by atoms with Crippen LogP contribution in [-0.4, -0.2) is 33.2 Å². The first-order chi connectivity index (χ1) is 9.65. The lowest BCUT2D eigenvalue weighted by atomic mass is 9.99. The van der Waals surface area contributed by atoms with Gasteiger partial charge in [-0.2, -0.15) is 0 Å². The van der Waals surface area contributed by atoms with E-state index in [9.17, 15) is 9.18 Å². The fraction of sp³-hybridized carbons (Fsp3) is 0.500. The number of piperidine rings is 1. The van der Waals surface area contributed by atoms with Crippen molar-refractivity contribution in [2.45, 2.75) is 12.8 Å². The maximum atomic E-state index is 13.9. The van der Waals surface area contributed by atoms with Crippen molar-refractivity contribution >= 4 is 11.6 Å². The molecule has 1 aliphatic heterocycles. The third kappa shape index (κ3) is 3.19. The summed E-state index contributed by atoms with van der Waals surface area (Å²) >= 11 is 0. The van der Waals surface area contributed by atoms with Gasteiger partial charge in [-0.1, -0.05) is 0 Å². The second-order valence-electron chi connectivity index (χ2n) is 4.72. The molecule has 1 atom stereocenters. The summed E-state index contributed by atoms with van der Waals surface area (Å²) in [6.45, 7) is 1.55. The Morgan fingerprint density at radius 1 is 1.35 bits per heavy atom. The first-order valence-electron chi connectivity index (χ1n) is 6.58. The van der Waals surface area contributed by atoms with Crippen LogP contribution in [0.5, 0.6) is 11.5 Å². The van der Waals surface area contributed by atoms with E-state index in [-0.39, 0.29) is 17.5 Å². The van der Waals surface area contributed by atoms with Crippen LogP contribution in [0.15, 0.2) is 12.1 Å². The van der Waals surface area contributed by atoms with E-state index in [0.29, 0.717) is 18.0 Å². The zero-order chi connectivity index (χ0) is 14.5. The molecule has 1 fully saturated rings. The summed E-state index contributed by atoms with van der Waals surface area (Å²) in [6.07, 6.45) is 1.76. The van der Waals surface area contributed by atoms with Crippen molar-refractivity contribution in [3.8, 4) is 11.5 Å². The third-order valence-corrected chi connectivity index (χ3v) is 3.40. The van der Waals surface area contributed by atoms with Crippen molar-refractivity contribution in [1.29, 1.82) is 0 Å². The average molecular weight is 282 g/mol. The van der Waals surface area contributed by atoms with E-state index in [4.69, 9.17) is 9.47 Å². The highest BCUT2D eigenvalue weighted by Crippen LogP contribution is 2.32. The van der Waals surface area contributed by atoms with Gasteiger partial charge in [0.05, 0.1) is 25.8 Å². The van der Waals surface area contributed by atoms with Gasteiger partial charge in [0.2, 0.25) is 5.91 Å². The Morgan fingerprint density at radius 2 is 2.05 bits per heavy atom. The summed E-state index contributed by atoms with van der Waals surface area (Å²) in [5.74, 6) is -0.173. The molecule has 1 saturated heterocycles. The first-order valence-corrected chi connectivity index (χ1v) is 6.58. The Bertz CT molecular complexity index is 488. The molecule has 2 rings (SSSR count). The highest BCUT2D eigenvalue weighted by atomic mass is 19.1. The molecule has 1 aromatic carbocycles. The van der Waals surface area contributed by atoms with Crippen molar-refractivity contribution in [3.63, 3.8) is 0 Å². The summed E-state index contributed by atoms with van der Waals surface area (Å²) in [4.78, 5) is 12.1. The molecular formula is C14H19FN2O3. The molecule has 1 heterocycles. The lowest BCUT2D eigenvalue weighted by Crippen LogP contribution is -2.37. The highest BCUT2D eigenvalue weighted by molar-refractivity contribution is 5.93. The second kappa shape index (κ2) is 6.56. The van der Waals surface area contributed by atoms with E-state index in [1.165, 1.54) is 26.4 Å². The summed E-state index contributed by atoms with van der Waals surface area (Å²) < 4.78 is 24.0. The molecule has 20 heavy (non-hydrogen) atoms. The molecule has 110 valence electrons. The largest absolute Gasteiger partial charge is 0.493 e. The van der Waals surface area contributed by atoms with Crippen molar-refractivity contribution in [3.05, 3.63) is 17.9 Å². The molecule has 1 unspecified atom stereocenters. The van der Waals surface area contributed by atoms with Gasteiger partial charge in [-0.3, -0.25) is 4.79 Å². The maximum Gasteiger partial charge on any atom is 0.228 e. The minimum absolute atomic E-state index is 0.109. The normalized spacial score (nSPS) is 18.4. The summed E-state index contributed by atoms with van der Waals surface area (Å²) in [5, 5.41) is 5.77. The predicted molar refractivity (Wildman–Crippen MR) is 73.7 cm³/mol. The SMILES string of the molecule is COc1cc(F)c(NC(=O)C2CCCNC2)cc1OC. The van der Waals surface area contributed by atoms with E-state index >= 15 is 0 Å². The maximum absolute atomic E-state index is 13.9. The van der Waals surface area contributed by atoms with Crippen LogP contribution in [0.1, 0.15) is 12.8 Å². The zero-order valence-corrected chi connectivity index (χ0v) is 11.7. The van der Waals surface area contributed by atoms with Crippen LogP contribution in [-0.2, 0) is 4.79 Å². The standard InChI is InChI=1S/C14H19FN2O3/c1-19-12-6-10(15)11(7-13(12)20-2)17-14(18)9-4-3-5-16-8-9/h6-7,9,16H,3-5,8H2,1-2H3,(H,17,18). The number of halogens is 1. The summed E-state index contributed by atoms with van der Waals surface area (Å²) in [7, 11) is 2.90. The van der Waals surface area contributed by atoms with E-state index in [1.54, 1.807) is 0 Å². The molecule has 0 aromatic heterocycles. The summed E-state index contributed by atoms with van der Waals surface area (Å²) in [5.41, 5.74) is 0.109. The number of hydrogen-bond acceptors (Lipinski definition) is 4. The van der Waals surface area contributed by atoms with Gasteiger partial charge >= 0.3 is 0 Å². The number of hydrogen-bond donors (Lipinski definition) is 2. The van der Waals surface area contributed by atoms with Gasteiger partial charge in [-0.15, -0.1) is 0 Å². The number of benzene rings is 1. The molecule has 0 radical (unpaired) electrons. The molecule has 1 aliphatic rings. The quantitative estimate of drug-likeness (QED) is 0.884. The topological polar surface area (TPSA) is 59.6 Å². The number of rotatable bonds is 4. The van der Waals surface area contributed by atoms with Crippen LogP contribution in [0.2, 0.25) is 0 Å². The van der Waals surface area contributed by atoms with Crippen LogP contribution in [0, 0.1) is 11.7 Å². The Morgan fingerprint density at radius 3 is 2.65 bits per heavy atom. The smallest absolute Gasteiger partial charge is 0.228 e. The molecule has 6 heteroatoms. The lowest BCUT2D eigenvalue weighted by Gasteiger charge is -2.22. The Labute approximate surface area is 117 Å². The Balaban J connectivity index is 2.13. The van der Waals surface area contributed by atoms with Crippen LogP contribution < -0.4 is 20.1 Å². The van der Waals surface area contributed by atoms with Crippen LogP contribution in [0.4, 0.5) is 10.1 Å². The number of methoxy groups -OCH3 is 2. The van der Waals surface area contributed by atoms with Crippen LogP contribution in [0.25, 0.3) is 0 Å². The van der Waals surface area contributed by atoms with Crippen molar-refractivity contribution in [2.75, 3.05) is 32.6 Å². The van der Waals surface area contributed by atoms with Gasteiger partial charge in [-0.25, -0.2) is 4.39 Å². The highest BCUT2D eigenvalue weighted by Gasteiger charge is 2.22. The molecule has 1 amide bonds. The predicted octanol–water partition coefficient (Wildman–Crippen LogP) is 1.78. The monoisotopic (exact) mass is 282 g/mol. The molecule has 1 aromatic rings. The van der Waals surface area contributed by atoms with Crippen LogP contribution >= 0.6 is 0 Å². The molecule has 0 spiro atoms. The van der Waals surface area contributed by atoms with Gasteiger partial charge in [0, 0.05) is 18.7 Å². The van der Waals surface area contributed by atoms with Gasteiger partial charge in [0.25, 0.3) is 0 Å². The zero-order valence-electron chi connectivity index (χ0n) is 11.7. The van der Waals surface area contributed by atoms with Crippen molar-refractivity contribution < 1.29 is 18.7 Å². The fourth-order valence-corrected chi connectivity index (χ4v) is 2.26. The van der Waals surface area contributed by atoms with Gasteiger partial charge in [-0.05, 0) is 19.4 Å². The minimum atomic E-state index is -0.542. The number of amides is 1. The van der Waals surface area contributed by atoms with Gasteiger partial charge < -0.3 is 20.1 Å². The molecule has 0 saturated carbocycles. The Kier molecular flexibility index (Phi) is 4.79. The van der Waals surface area contributed by atoms with Gasteiger partial charge in [0.1, 0.15) is 0 Å². The number of anilines is 1. The van der Waals surface area contributed by atoms with E-state index < -0.39 is 5.82 Å². The van der Waals surface area contributed by atoms with E-state index in [0.717, 1.165) is 19.4 Å². The van der Waals surface area contributed by atoms with E-state index in [1.807, 2.05) is 0 Å². The number of carbonyl (C=O) groups excluding carboxylic acids is 1. The average Bonchev–Trinajstić information content (AvgIpc) is 2.49. The van der Waals surface area contributed by atoms with E-state index in [2.05, 4.69) is 10.6 Å². The van der Waals surface area contributed by atoms with Gasteiger partial charge in [0.15, 0.2) is 17.3 Å².